The Balaban J connectivity index is 1.32. The van der Waals surface area contributed by atoms with Crippen molar-refractivity contribution >= 4 is 23.5 Å². The van der Waals surface area contributed by atoms with E-state index in [0.29, 0.717) is 24.3 Å². The third kappa shape index (κ3) is 3.82. The summed E-state index contributed by atoms with van der Waals surface area (Å²) in [6, 6.07) is 2.59. The van der Waals surface area contributed by atoms with Crippen molar-refractivity contribution in [2.24, 2.45) is 11.3 Å². The fraction of sp³-hybridized carbons (Fsp3) is 0.750. The maximum absolute atomic E-state index is 12.4. The van der Waals surface area contributed by atoms with Crippen molar-refractivity contribution in [1.82, 2.24) is 14.9 Å². The van der Waals surface area contributed by atoms with Crippen LogP contribution in [0.5, 0.6) is 0 Å². The monoisotopic (exact) mass is 370 g/mol. The summed E-state index contributed by atoms with van der Waals surface area (Å²) in [5.74, 6) is 3.21. The summed E-state index contributed by atoms with van der Waals surface area (Å²) in [4.78, 5) is 25.8. The molecule has 5 rings (SSSR count). The average Bonchev–Trinajstić information content (AvgIpc) is 3.55. The maximum Gasteiger partial charge on any atom is 0.223 e. The highest BCUT2D eigenvalue weighted by Crippen LogP contribution is 2.41. The Bertz CT molecular complexity index is 731. The van der Waals surface area contributed by atoms with Gasteiger partial charge in [-0.15, -0.1) is 0 Å². The second-order valence-corrected chi connectivity index (χ2v) is 9.13. The zero-order chi connectivity index (χ0) is 18.4. The van der Waals surface area contributed by atoms with E-state index in [1.807, 2.05) is 6.07 Å². The van der Waals surface area contributed by atoms with Crippen LogP contribution in [0.1, 0.15) is 51.4 Å². The van der Waals surface area contributed by atoms with Crippen LogP contribution >= 0.6 is 0 Å². The van der Waals surface area contributed by atoms with Crippen LogP contribution in [0, 0.1) is 11.3 Å². The van der Waals surface area contributed by atoms with Crippen molar-refractivity contribution in [1.29, 1.82) is 0 Å². The Morgan fingerprint density at radius 2 is 2.04 bits per heavy atom. The second kappa shape index (κ2) is 6.53. The van der Waals surface area contributed by atoms with Crippen LogP contribution in [-0.4, -0.2) is 53.0 Å². The lowest BCUT2D eigenvalue weighted by molar-refractivity contribution is -0.138. The fourth-order valence-corrected chi connectivity index (χ4v) is 4.74. The van der Waals surface area contributed by atoms with Gasteiger partial charge in [0.1, 0.15) is 11.6 Å². The van der Waals surface area contributed by atoms with Crippen molar-refractivity contribution in [3.8, 4) is 0 Å². The van der Waals surface area contributed by atoms with Crippen LogP contribution in [0.15, 0.2) is 6.07 Å². The van der Waals surface area contributed by atoms with Crippen LogP contribution in [0.2, 0.25) is 0 Å². The first-order valence-electron chi connectivity index (χ1n) is 10.5. The van der Waals surface area contributed by atoms with Crippen molar-refractivity contribution in [3.63, 3.8) is 0 Å². The molecule has 0 bridgehead atoms. The van der Waals surface area contributed by atoms with Gasteiger partial charge in [0.15, 0.2) is 0 Å². The zero-order valence-electron chi connectivity index (χ0n) is 16.0. The van der Waals surface area contributed by atoms with E-state index in [-0.39, 0.29) is 5.41 Å². The van der Waals surface area contributed by atoms with Gasteiger partial charge in [-0.25, -0.2) is 0 Å². The lowest BCUT2D eigenvalue weighted by atomic mass is 9.73. The molecular weight excluding hydrogens is 340 g/mol. The van der Waals surface area contributed by atoms with Gasteiger partial charge in [0.05, 0.1) is 0 Å². The van der Waals surface area contributed by atoms with Crippen LogP contribution in [0.4, 0.5) is 17.6 Å². The number of hydrogen-bond donors (Lipinski definition) is 2. The SMILES string of the molecule is Nc1nc(NC2CC2)cc(N2CCCC3(CCC(=O)N(CC4CC4)C3)C2)n1. The Hall–Kier alpha value is -2.05. The number of amides is 1. The smallest absolute Gasteiger partial charge is 0.223 e. The molecule has 2 aliphatic carbocycles. The molecule has 1 unspecified atom stereocenters. The summed E-state index contributed by atoms with van der Waals surface area (Å²) in [6.07, 6.45) is 9.03. The molecule has 1 amide bonds. The summed E-state index contributed by atoms with van der Waals surface area (Å²) in [5, 5.41) is 3.44. The first-order valence-corrected chi connectivity index (χ1v) is 10.5. The summed E-state index contributed by atoms with van der Waals surface area (Å²) in [7, 11) is 0. The molecule has 0 radical (unpaired) electrons. The molecule has 2 aliphatic heterocycles. The minimum atomic E-state index is 0.199. The predicted molar refractivity (Wildman–Crippen MR) is 106 cm³/mol. The number of piperidine rings is 2. The van der Waals surface area contributed by atoms with E-state index in [1.165, 1.54) is 32.1 Å². The number of likely N-dealkylation sites (tertiary alicyclic amines) is 1. The van der Waals surface area contributed by atoms with Crippen molar-refractivity contribution in [2.75, 3.05) is 42.1 Å². The lowest BCUT2D eigenvalue weighted by Crippen LogP contribution is -2.54. The standard InChI is InChI=1S/C20H30N6O/c21-19-23-16(22-15-4-5-15)10-17(24-19)25-9-1-7-20(12-25)8-6-18(27)26(13-20)11-14-2-3-14/h10,14-15H,1-9,11-13H2,(H3,21,22,23,24). The Morgan fingerprint density at radius 1 is 1.19 bits per heavy atom. The Labute approximate surface area is 160 Å². The van der Waals surface area contributed by atoms with Gasteiger partial charge < -0.3 is 20.9 Å². The molecule has 27 heavy (non-hydrogen) atoms. The average molecular weight is 371 g/mol. The number of aromatic nitrogens is 2. The molecule has 0 aromatic carbocycles. The molecule has 4 fully saturated rings. The number of hydrogen-bond acceptors (Lipinski definition) is 6. The van der Waals surface area contributed by atoms with E-state index in [1.54, 1.807) is 0 Å². The van der Waals surface area contributed by atoms with E-state index in [4.69, 9.17) is 5.73 Å². The molecule has 3 heterocycles. The van der Waals surface area contributed by atoms with E-state index >= 15 is 0 Å². The largest absolute Gasteiger partial charge is 0.368 e. The van der Waals surface area contributed by atoms with Gasteiger partial charge in [-0.2, -0.15) is 9.97 Å². The van der Waals surface area contributed by atoms with E-state index in [2.05, 4.69) is 25.1 Å². The predicted octanol–water partition coefficient (Wildman–Crippen LogP) is 2.25. The number of carbonyl (C=O) groups excluding carboxylic acids is 1. The molecule has 4 aliphatic rings. The number of nitrogens with zero attached hydrogens (tertiary/aromatic N) is 4. The van der Waals surface area contributed by atoms with Crippen molar-refractivity contribution in [3.05, 3.63) is 6.07 Å². The summed E-state index contributed by atoms with van der Waals surface area (Å²) in [6.45, 7) is 3.83. The Kier molecular flexibility index (Phi) is 4.13. The highest BCUT2D eigenvalue weighted by molar-refractivity contribution is 5.77. The molecule has 1 aromatic rings. The van der Waals surface area contributed by atoms with Crippen LogP contribution in [0.25, 0.3) is 0 Å². The van der Waals surface area contributed by atoms with E-state index in [9.17, 15) is 4.79 Å². The number of nitrogen functional groups attached to an aromatic ring is 1. The fourth-order valence-electron chi connectivity index (χ4n) is 4.74. The highest BCUT2D eigenvalue weighted by Gasteiger charge is 2.43. The van der Waals surface area contributed by atoms with Crippen LogP contribution < -0.4 is 16.0 Å². The van der Waals surface area contributed by atoms with Crippen LogP contribution in [-0.2, 0) is 4.79 Å². The summed E-state index contributed by atoms with van der Waals surface area (Å²) in [5.41, 5.74) is 6.19. The first kappa shape index (κ1) is 17.1. The van der Waals surface area contributed by atoms with Gasteiger partial charge in [-0.1, -0.05) is 0 Å². The number of nitrogens with one attached hydrogen (secondary N) is 1. The maximum atomic E-state index is 12.4. The minimum Gasteiger partial charge on any atom is -0.368 e. The van der Waals surface area contributed by atoms with Gasteiger partial charge >= 0.3 is 0 Å². The molecule has 3 N–H and O–H groups in total. The minimum absolute atomic E-state index is 0.199. The normalized spacial score (nSPS) is 28.7. The van der Waals surface area contributed by atoms with E-state index < -0.39 is 0 Å². The molecule has 1 spiro atoms. The van der Waals surface area contributed by atoms with Gasteiger partial charge in [0.25, 0.3) is 0 Å². The quantitative estimate of drug-likeness (QED) is 0.827. The Morgan fingerprint density at radius 3 is 2.81 bits per heavy atom. The lowest BCUT2D eigenvalue weighted by Gasteiger charge is -2.48. The molecule has 7 heteroatoms. The van der Waals surface area contributed by atoms with Gasteiger partial charge in [0, 0.05) is 50.1 Å². The molecular formula is C20H30N6O. The third-order valence-electron chi connectivity index (χ3n) is 6.57. The molecule has 146 valence electrons. The molecule has 7 nitrogen and oxygen atoms in total. The number of rotatable bonds is 5. The number of anilines is 3. The number of carbonyl (C=O) groups is 1. The second-order valence-electron chi connectivity index (χ2n) is 9.13. The van der Waals surface area contributed by atoms with E-state index in [0.717, 1.165) is 56.6 Å². The zero-order valence-corrected chi connectivity index (χ0v) is 16.0. The molecule has 2 saturated heterocycles. The topological polar surface area (TPSA) is 87.4 Å². The van der Waals surface area contributed by atoms with Gasteiger partial charge in [-0.3, -0.25) is 4.79 Å². The number of nitrogens with two attached hydrogens (primary N) is 1. The van der Waals surface area contributed by atoms with Gasteiger partial charge in [-0.05, 0) is 50.9 Å². The highest BCUT2D eigenvalue weighted by atomic mass is 16.2. The van der Waals surface area contributed by atoms with Crippen LogP contribution in [0.3, 0.4) is 0 Å². The molecule has 1 atom stereocenters. The first-order chi connectivity index (χ1) is 13.1. The van der Waals surface area contributed by atoms with Crippen molar-refractivity contribution < 1.29 is 4.79 Å². The van der Waals surface area contributed by atoms with Gasteiger partial charge in [0.2, 0.25) is 11.9 Å². The third-order valence-corrected chi connectivity index (χ3v) is 6.57. The summed E-state index contributed by atoms with van der Waals surface area (Å²) < 4.78 is 0. The summed E-state index contributed by atoms with van der Waals surface area (Å²) >= 11 is 0. The molecule has 1 aromatic heterocycles. The van der Waals surface area contributed by atoms with Crippen molar-refractivity contribution in [2.45, 2.75) is 57.4 Å². The molecule has 2 saturated carbocycles.